The van der Waals surface area contributed by atoms with E-state index in [0.29, 0.717) is 28.8 Å². The van der Waals surface area contributed by atoms with Gasteiger partial charge in [-0.1, -0.05) is 6.07 Å². The molecule has 0 aliphatic carbocycles. The predicted molar refractivity (Wildman–Crippen MR) is 89.6 cm³/mol. The first-order valence-electron chi connectivity index (χ1n) is 6.94. The van der Waals surface area contributed by atoms with Gasteiger partial charge in [-0.2, -0.15) is 0 Å². The molecule has 0 radical (unpaired) electrons. The van der Waals surface area contributed by atoms with Crippen LogP contribution in [-0.2, 0) is 14.4 Å². The van der Waals surface area contributed by atoms with E-state index in [-0.39, 0.29) is 11.5 Å². The fourth-order valence-electron chi connectivity index (χ4n) is 1.99. The molecule has 0 atom stereocenters. The number of nitrogens with two attached hydrogens (primary N) is 2. The van der Waals surface area contributed by atoms with Gasteiger partial charge in [-0.05, 0) is 35.5 Å². The Morgan fingerprint density at radius 2 is 1.92 bits per heavy atom. The van der Waals surface area contributed by atoms with Gasteiger partial charge in [-0.25, -0.2) is 0 Å². The predicted octanol–water partition coefficient (Wildman–Crippen LogP) is 0.0809. The Balaban J connectivity index is 2.23. The van der Waals surface area contributed by atoms with Crippen LogP contribution in [0.2, 0.25) is 0 Å². The van der Waals surface area contributed by atoms with Gasteiger partial charge in [0.1, 0.15) is 6.54 Å². The number of ether oxygens (including phenoxy) is 2. The van der Waals surface area contributed by atoms with Crippen molar-refractivity contribution in [1.29, 1.82) is 0 Å². The minimum atomic E-state index is -0.777. The number of nitrogens with zero attached hydrogens (tertiary/aromatic N) is 1. The zero-order chi connectivity index (χ0) is 18.6. The fraction of sp³-hybridized carbons (Fsp3) is 0.200. The third-order valence-electron chi connectivity index (χ3n) is 3.04. The lowest BCUT2D eigenvalue weighted by Gasteiger charge is -2.10. The summed E-state index contributed by atoms with van der Waals surface area (Å²) in [6, 6.07) is 4.72. The Labute approximate surface area is 146 Å². The van der Waals surface area contributed by atoms with E-state index in [0.717, 1.165) is 4.90 Å². The van der Waals surface area contributed by atoms with Gasteiger partial charge in [0, 0.05) is 0 Å². The van der Waals surface area contributed by atoms with Crippen molar-refractivity contribution in [2.45, 2.75) is 0 Å². The number of hydrogen-bond donors (Lipinski definition) is 2. The summed E-state index contributed by atoms with van der Waals surface area (Å²) in [5.41, 5.74) is 10.6. The molecule has 25 heavy (non-hydrogen) atoms. The number of primary amides is 2. The van der Waals surface area contributed by atoms with Crippen molar-refractivity contribution >= 4 is 40.8 Å². The molecule has 9 nitrogen and oxygen atoms in total. The van der Waals surface area contributed by atoms with Crippen LogP contribution >= 0.6 is 11.8 Å². The highest BCUT2D eigenvalue weighted by atomic mass is 32.2. The monoisotopic (exact) mass is 365 g/mol. The van der Waals surface area contributed by atoms with Crippen LogP contribution in [-0.4, -0.2) is 48.1 Å². The molecule has 1 fully saturated rings. The second kappa shape index (κ2) is 7.71. The smallest absolute Gasteiger partial charge is 0.294 e. The first-order chi connectivity index (χ1) is 11.8. The van der Waals surface area contributed by atoms with E-state index in [9.17, 15) is 19.2 Å². The molecule has 2 rings (SSSR count). The summed E-state index contributed by atoms with van der Waals surface area (Å²) in [6.45, 7) is -0.771. The Hall–Kier alpha value is -3.01. The van der Waals surface area contributed by atoms with Gasteiger partial charge in [0.05, 0.1) is 12.0 Å². The van der Waals surface area contributed by atoms with Gasteiger partial charge in [0.25, 0.3) is 17.1 Å². The highest BCUT2D eigenvalue weighted by Gasteiger charge is 2.35. The Morgan fingerprint density at radius 3 is 2.52 bits per heavy atom. The first-order valence-corrected chi connectivity index (χ1v) is 7.76. The molecule has 10 heteroatoms. The van der Waals surface area contributed by atoms with Gasteiger partial charge >= 0.3 is 0 Å². The van der Waals surface area contributed by atoms with E-state index in [1.54, 1.807) is 18.2 Å². The number of benzene rings is 1. The molecule has 0 spiro atoms. The summed E-state index contributed by atoms with van der Waals surface area (Å²) in [6.07, 6.45) is 1.48. The maximum absolute atomic E-state index is 12.2. The van der Waals surface area contributed by atoms with E-state index >= 15 is 0 Å². The van der Waals surface area contributed by atoms with Gasteiger partial charge in [-0.15, -0.1) is 0 Å². The van der Waals surface area contributed by atoms with Crippen LogP contribution in [0.25, 0.3) is 6.08 Å². The van der Waals surface area contributed by atoms with Crippen molar-refractivity contribution in [3.63, 3.8) is 0 Å². The van der Waals surface area contributed by atoms with E-state index in [4.69, 9.17) is 20.9 Å². The minimum absolute atomic E-state index is 0.152. The van der Waals surface area contributed by atoms with Crippen LogP contribution in [0.3, 0.4) is 0 Å². The molecule has 4 N–H and O–H groups in total. The zero-order valence-electron chi connectivity index (χ0n) is 13.2. The summed E-state index contributed by atoms with van der Waals surface area (Å²) in [4.78, 5) is 46.6. The second-order valence-corrected chi connectivity index (χ2v) is 5.89. The summed E-state index contributed by atoms with van der Waals surface area (Å²) < 4.78 is 10.4. The van der Waals surface area contributed by atoms with Crippen LogP contribution in [0.5, 0.6) is 11.5 Å². The molecular weight excluding hydrogens is 350 g/mol. The molecule has 0 unspecified atom stereocenters. The quantitative estimate of drug-likeness (QED) is 0.652. The van der Waals surface area contributed by atoms with E-state index in [1.807, 2.05) is 0 Å². The molecule has 1 aromatic rings. The van der Waals surface area contributed by atoms with Crippen molar-refractivity contribution in [3.8, 4) is 11.5 Å². The average Bonchev–Trinajstić information content (AvgIpc) is 2.80. The second-order valence-electron chi connectivity index (χ2n) is 4.90. The van der Waals surface area contributed by atoms with Crippen LogP contribution in [0, 0.1) is 0 Å². The Morgan fingerprint density at radius 1 is 1.20 bits per heavy atom. The molecule has 4 amide bonds. The number of carbonyl (C=O) groups is 4. The van der Waals surface area contributed by atoms with Crippen molar-refractivity contribution < 1.29 is 28.7 Å². The van der Waals surface area contributed by atoms with E-state index < -0.39 is 29.5 Å². The highest BCUT2D eigenvalue weighted by molar-refractivity contribution is 8.18. The molecule has 0 aromatic heterocycles. The number of amides is 4. The SMILES string of the molecule is COc1cc(/C=C2\SC(=O)N(CC(N)=O)C2=O)ccc1OCC(N)=O. The lowest BCUT2D eigenvalue weighted by molar-refractivity contribution is -0.127. The minimum Gasteiger partial charge on any atom is -0.493 e. The standard InChI is InChI=1S/C15H15N3O6S/c1-23-10-4-8(2-3-9(10)24-7-13(17)20)5-11-14(21)18(6-12(16)19)15(22)25-11/h2-5H,6-7H2,1H3,(H2,16,19)(H2,17,20)/b11-5-. The Kier molecular flexibility index (Phi) is 5.65. The molecule has 1 heterocycles. The average molecular weight is 365 g/mol. The van der Waals surface area contributed by atoms with Gasteiger partial charge in [-0.3, -0.25) is 24.1 Å². The summed E-state index contributed by atoms with van der Waals surface area (Å²) in [5, 5.41) is -0.566. The number of imide groups is 1. The first kappa shape index (κ1) is 18.3. The van der Waals surface area contributed by atoms with Crippen molar-refractivity contribution in [3.05, 3.63) is 28.7 Å². The molecule has 132 valence electrons. The molecular formula is C15H15N3O6S. The fourth-order valence-corrected chi connectivity index (χ4v) is 2.82. The van der Waals surface area contributed by atoms with E-state index in [2.05, 4.69) is 0 Å². The normalized spacial score (nSPS) is 15.6. The topological polar surface area (TPSA) is 142 Å². The number of hydrogen-bond acceptors (Lipinski definition) is 7. The van der Waals surface area contributed by atoms with Gasteiger partial charge in [0.2, 0.25) is 5.91 Å². The summed E-state index contributed by atoms with van der Waals surface area (Å²) in [7, 11) is 1.41. The summed E-state index contributed by atoms with van der Waals surface area (Å²) >= 11 is 0.708. The van der Waals surface area contributed by atoms with Crippen molar-refractivity contribution in [2.75, 3.05) is 20.3 Å². The van der Waals surface area contributed by atoms with E-state index in [1.165, 1.54) is 13.2 Å². The van der Waals surface area contributed by atoms with Crippen molar-refractivity contribution in [2.24, 2.45) is 11.5 Å². The lowest BCUT2D eigenvalue weighted by Crippen LogP contribution is -2.36. The van der Waals surface area contributed by atoms with Gasteiger partial charge < -0.3 is 20.9 Å². The zero-order valence-corrected chi connectivity index (χ0v) is 14.0. The number of rotatable bonds is 7. The maximum Gasteiger partial charge on any atom is 0.294 e. The van der Waals surface area contributed by atoms with Crippen LogP contribution < -0.4 is 20.9 Å². The number of thioether (sulfide) groups is 1. The largest absolute Gasteiger partial charge is 0.493 e. The molecule has 1 aliphatic heterocycles. The van der Waals surface area contributed by atoms with Crippen molar-refractivity contribution in [1.82, 2.24) is 4.90 Å². The number of methoxy groups -OCH3 is 1. The highest BCUT2D eigenvalue weighted by Crippen LogP contribution is 2.34. The third kappa shape index (κ3) is 4.51. The molecule has 1 aromatic carbocycles. The third-order valence-corrected chi connectivity index (χ3v) is 3.95. The number of carbonyl (C=O) groups excluding carboxylic acids is 4. The van der Waals surface area contributed by atoms with Crippen LogP contribution in [0.4, 0.5) is 4.79 Å². The van der Waals surface area contributed by atoms with Crippen LogP contribution in [0.15, 0.2) is 23.1 Å². The Bertz CT molecular complexity index is 777. The molecule has 0 bridgehead atoms. The molecule has 1 saturated heterocycles. The molecule has 1 aliphatic rings. The molecule has 0 saturated carbocycles. The summed E-state index contributed by atoms with van der Waals surface area (Å²) in [5.74, 6) is -1.37. The van der Waals surface area contributed by atoms with Crippen LogP contribution in [0.1, 0.15) is 5.56 Å². The lowest BCUT2D eigenvalue weighted by atomic mass is 10.2. The maximum atomic E-state index is 12.2. The van der Waals surface area contributed by atoms with Gasteiger partial charge in [0.15, 0.2) is 18.1 Å².